The third kappa shape index (κ3) is 4.75. The van der Waals surface area contributed by atoms with Gasteiger partial charge in [0.2, 0.25) is 0 Å². The van der Waals surface area contributed by atoms with Crippen LogP contribution in [0.3, 0.4) is 0 Å². The maximum absolute atomic E-state index is 14.0. The Morgan fingerprint density at radius 2 is 1.68 bits per heavy atom. The molecule has 0 spiro atoms. The van der Waals surface area contributed by atoms with Gasteiger partial charge >= 0.3 is 0 Å². The van der Waals surface area contributed by atoms with E-state index in [-0.39, 0.29) is 11.6 Å². The van der Waals surface area contributed by atoms with Crippen molar-refractivity contribution < 1.29 is 14.2 Å². The fraction of sp³-hybridized carbons (Fsp3) is 0.222. The number of piperazine rings is 1. The number of phenols is 1. The summed E-state index contributed by atoms with van der Waals surface area (Å²) in [5.74, 6) is 0.581. The maximum atomic E-state index is 14.0. The third-order valence-corrected chi connectivity index (χ3v) is 6.20. The Morgan fingerprint density at radius 1 is 0.912 bits per heavy atom. The summed E-state index contributed by atoms with van der Waals surface area (Å²) in [4.78, 5) is 4.39. The molecular weight excluding hydrogens is 431 g/mol. The van der Waals surface area contributed by atoms with Gasteiger partial charge in [-0.3, -0.25) is 10.00 Å². The second-order valence-corrected chi connectivity index (χ2v) is 8.33. The molecule has 7 heteroatoms. The number of para-hydroxylation sites is 1. The first-order chi connectivity index (χ1) is 16.7. The first kappa shape index (κ1) is 22.0. The van der Waals surface area contributed by atoms with Gasteiger partial charge in [-0.25, -0.2) is 4.39 Å². The molecule has 1 aliphatic heterocycles. The van der Waals surface area contributed by atoms with E-state index in [2.05, 4.69) is 20.0 Å². The van der Waals surface area contributed by atoms with Gasteiger partial charge in [0.15, 0.2) is 0 Å². The van der Waals surface area contributed by atoms with E-state index in [9.17, 15) is 9.50 Å². The molecule has 34 heavy (non-hydrogen) atoms. The Bertz CT molecular complexity index is 1240. The molecule has 3 aromatic carbocycles. The van der Waals surface area contributed by atoms with Crippen LogP contribution in [0.25, 0.3) is 22.4 Å². The molecule has 1 aromatic heterocycles. The van der Waals surface area contributed by atoms with E-state index in [1.807, 2.05) is 54.6 Å². The second-order valence-electron chi connectivity index (χ2n) is 8.33. The molecule has 0 aliphatic carbocycles. The highest BCUT2D eigenvalue weighted by Gasteiger charge is 2.19. The molecule has 1 aliphatic rings. The highest BCUT2D eigenvalue weighted by atomic mass is 19.1. The van der Waals surface area contributed by atoms with Crippen LogP contribution in [0.15, 0.2) is 79.0 Å². The summed E-state index contributed by atoms with van der Waals surface area (Å²) in [6.45, 7) is 4.55. The zero-order valence-electron chi connectivity index (χ0n) is 18.8. The Balaban J connectivity index is 1.16. The molecule has 4 aromatic rings. The number of aromatic amines is 1. The minimum Gasteiger partial charge on any atom is -0.507 e. The Morgan fingerprint density at radius 3 is 2.44 bits per heavy atom. The van der Waals surface area contributed by atoms with E-state index < -0.39 is 0 Å². The molecule has 0 saturated carbocycles. The number of benzene rings is 3. The summed E-state index contributed by atoms with van der Waals surface area (Å²) in [6.07, 6.45) is 1.76. The lowest BCUT2D eigenvalue weighted by Gasteiger charge is -2.36. The summed E-state index contributed by atoms with van der Waals surface area (Å²) in [5.41, 5.74) is 4.07. The Kier molecular flexibility index (Phi) is 6.44. The number of hydrogen-bond acceptors (Lipinski definition) is 5. The van der Waals surface area contributed by atoms with Crippen LogP contribution < -0.4 is 9.64 Å². The standard InChI is InChI=1S/C27H27FN4O2/c28-24-8-4-5-9-25(24)32-14-12-31(13-15-32)16-17-34-21-10-11-22(26(33)18-21)27-23(19-29-30-27)20-6-2-1-3-7-20/h1-11,18-19,33H,12-17H2,(H,29,30). The van der Waals surface area contributed by atoms with Crippen molar-refractivity contribution in [3.05, 3.63) is 84.8 Å². The number of aromatic hydroxyl groups is 1. The highest BCUT2D eigenvalue weighted by molar-refractivity contribution is 5.83. The number of nitrogens with one attached hydrogen (secondary N) is 1. The normalized spacial score (nSPS) is 14.3. The molecule has 0 radical (unpaired) electrons. The van der Waals surface area contributed by atoms with Gasteiger partial charge in [-0.2, -0.15) is 5.10 Å². The molecule has 6 nitrogen and oxygen atoms in total. The smallest absolute Gasteiger partial charge is 0.146 e. The molecule has 5 rings (SSSR count). The quantitative estimate of drug-likeness (QED) is 0.417. The van der Waals surface area contributed by atoms with Gasteiger partial charge in [0, 0.05) is 49.9 Å². The number of aromatic nitrogens is 2. The number of halogens is 1. The van der Waals surface area contributed by atoms with Crippen molar-refractivity contribution >= 4 is 5.69 Å². The molecule has 1 saturated heterocycles. The fourth-order valence-electron chi connectivity index (χ4n) is 4.35. The fourth-order valence-corrected chi connectivity index (χ4v) is 4.35. The zero-order valence-corrected chi connectivity index (χ0v) is 18.8. The number of phenolic OH excluding ortho intramolecular Hbond substituents is 1. The van der Waals surface area contributed by atoms with Crippen LogP contribution in [0.2, 0.25) is 0 Å². The van der Waals surface area contributed by atoms with E-state index in [0.29, 0.717) is 23.6 Å². The van der Waals surface area contributed by atoms with Crippen LogP contribution in [-0.4, -0.2) is 59.5 Å². The van der Waals surface area contributed by atoms with E-state index in [1.165, 1.54) is 6.07 Å². The molecule has 2 N–H and O–H groups in total. The van der Waals surface area contributed by atoms with Gasteiger partial charge in [0.25, 0.3) is 0 Å². The van der Waals surface area contributed by atoms with Crippen LogP contribution in [-0.2, 0) is 0 Å². The SMILES string of the molecule is Oc1cc(OCCN2CCN(c3ccccc3F)CC2)ccc1-c1[nH]ncc1-c1ccccc1. The van der Waals surface area contributed by atoms with Crippen molar-refractivity contribution in [2.45, 2.75) is 0 Å². The van der Waals surface area contributed by atoms with Crippen LogP contribution >= 0.6 is 0 Å². The van der Waals surface area contributed by atoms with Gasteiger partial charge in [0.1, 0.15) is 23.9 Å². The lowest BCUT2D eigenvalue weighted by molar-refractivity contribution is 0.200. The van der Waals surface area contributed by atoms with Crippen molar-refractivity contribution in [1.82, 2.24) is 15.1 Å². The number of ether oxygens (including phenoxy) is 1. The molecule has 2 heterocycles. The van der Waals surface area contributed by atoms with E-state index >= 15 is 0 Å². The average Bonchev–Trinajstić information content (AvgIpc) is 3.35. The van der Waals surface area contributed by atoms with Gasteiger partial charge < -0.3 is 14.7 Å². The number of H-pyrrole nitrogens is 1. The second kappa shape index (κ2) is 9.97. The number of anilines is 1. The van der Waals surface area contributed by atoms with Crippen LogP contribution in [0, 0.1) is 5.82 Å². The summed E-state index contributed by atoms with van der Waals surface area (Å²) < 4.78 is 19.9. The summed E-state index contributed by atoms with van der Waals surface area (Å²) in [7, 11) is 0. The van der Waals surface area contributed by atoms with Gasteiger partial charge in [-0.15, -0.1) is 0 Å². The minimum absolute atomic E-state index is 0.137. The minimum atomic E-state index is -0.173. The Hall–Kier alpha value is -3.84. The lowest BCUT2D eigenvalue weighted by atomic mass is 10.0. The van der Waals surface area contributed by atoms with Crippen LogP contribution in [0.5, 0.6) is 11.5 Å². The molecule has 0 bridgehead atoms. The largest absolute Gasteiger partial charge is 0.507 e. The first-order valence-electron chi connectivity index (χ1n) is 11.5. The van der Waals surface area contributed by atoms with Crippen molar-refractivity contribution in [3.8, 4) is 33.9 Å². The Labute approximate surface area is 198 Å². The number of nitrogens with zero attached hydrogens (tertiary/aromatic N) is 3. The van der Waals surface area contributed by atoms with Crippen molar-refractivity contribution in [2.24, 2.45) is 0 Å². The molecule has 0 unspecified atom stereocenters. The van der Waals surface area contributed by atoms with Gasteiger partial charge in [0.05, 0.1) is 17.6 Å². The summed E-state index contributed by atoms with van der Waals surface area (Å²) in [5, 5.41) is 17.8. The van der Waals surface area contributed by atoms with Crippen LogP contribution in [0.1, 0.15) is 0 Å². The first-order valence-corrected chi connectivity index (χ1v) is 11.5. The number of hydrogen-bond donors (Lipinski definition) is 2. The predicted octanol–water partition coefficient (Wildman–Crippen LogP) is 4.79. The van der Waals surface area contributed by atoms with E-state index in [4.69, 9.17) is 4.74 Å². The van der Waals surface area contributed by atoms with Crippen molar-refractivity contribution in [1.29, 1.82) is 0 Å². The maximum Gasteiger partial charge on any atom is 0.146 e. The predicted molar refractivity (Wildman–Crippen MR) is 132 cm³/mol. The molecule has 0 atom stereocenters. The van der Waals surface area contributed by atoms with Crippen molar-refractivity contribution in [2.75, 3.05) is 44.2 Å². The van der Waals surface area contributed by atoms with E-state index in [0.717, 1.165) is 49.5 Å². The average molecular weight is 459 g/mol. The topological polar surface area (TPSA) is 64.6 Å². The zero-order chi connectivity index (χ0) is 23.3. The highest BCUT2D eigenvalue weighted by Crippen LogP contribution is 2.37. The van der Waals surface area contributed by atoms with E-state index in [1.54, 1.807) is 18.3 Å². The van der Waals surface area contributed by atoms with Crippen LogP contribution in [0.4, 0.5) is 10.1 Å². The summed E-state index contributed by atoms with van der Waals surface area (Å²) >= 11 is 0. The molecule has 1 fully saturated rings. The summed E-state index contributed by atoms with van der Waals surface area (Å²) in [6, 6.07) is 22.2. The monoisotopic (exact) mass is 458 g/mol. The van der Waals surface area contributed by atoms with Gasteiger partial charge in [-0.1, -0.05) is 42.5 Å². The van der Waals surface area contributed by atoms with Gasteiger partial charge in [-0.05, 0) is 29.8 Å². The molecule has 0 amide bonds. The lowest BCUT2D eigenvalue weighted by Crippen LogP contribution is -2.47. The molecular formula is C27H27FN4O2. The van der Waals surface area contributed by atoms with Crippen molar-refractivity contribution in [3.63, 3.8) is 0 Å². The number of rotatable bonds is 7. The molecule has 174 valence electrons. The third-order valence-electron chi connectivity index (χ3n) is 6.20.